The van der Waals surface area contributed by atoms with Crippen LogP contribution < -0.4 is 10.1 Å². The Morgan fingerprint density at radius 3 is 2.61 bits per heavy atom. The Balaban J connectivity index is 1.68. The predicted octanol–water partition coefficient (Wildman–Crippen LogP) is 4.84. The maximum absolute atomic E-state index is 13.5. The van der Waals surface area contributed by atoms with Gasteiger partial charge in [-0.3, -0.25) is 9.59 Å². The number of carboxylic acid groups (broad SMARTS) is 1. The molecule has 1 aliphatic rings. The van der Waals surface area contributed by atoms with Crippen molar-refractivity contribution >= 4 is 34.3 Å². The van der Waals surface area contributed by atoms with Crippen LogP contribution in [0.3, 0.4) is 0 Å². The number of anilines is 1. The summed E-state index contributed by atoms with van der Waals surface area (Å²) in [7, 11) is 1.59. The number of nitrogens with zero attached hydrogens (tertiary/aromatic N) is 1. The summed E-state index contributed by atoms with van der Waals surface area (Å²) >= 11 is 0. The molecule has 0 saturated heterocycles. The second-order valence-electron chi connectivity index (χ2n) is 8.92. The molecule has 0 saturated carbocycles. The fourth-order valence-corrected chi connectivity index (χ4v) is 3.87. The minimum Gasteiger partial charge on any atom is -0.497 e. The van der Waals surface area contributed by atoms with Crippen molar-refractivity contribution in [2.75, 3.05) is 12.4 Å². The second kappa shape index (κ2) is 8.58. The van der Waals surface area contributed by atoms with Crippen LogP contribution in [-0.4, -0.2) is 39.5 Å². The number of benzene rings is 2. The molecule has 4 rings (SSSR count). The third-order valence-corrected chi connectivity index (χ3v) is 6.01. The number of H-pyrrole nitrogens is 1. The zero-order valence-electron chi connectivity index (χ0n) is 18.9. The van der Waals surface area contributed by atoms with E-state index in [9.17, 15) is 14.7 Å². The van der Waals surface area contributed by atoms with Gasteiger partial charge in [-0.25, -0.2) is 4.98 Å². The highest BCUT2D eigenvalue weighted by Crippen LogP contribution is 2.34. The second-order valence-corrected chi connectivity index (χ2v) is 8.92. The van der Waals surface area contributed by atoms with Crippen LogP contribution in [0.1, 0.15) is 32.3 Å². The van der Waals surface area contributed by atoms with E-state index in [-0.39, 0.29) is 12.2 Å². The molecule has 1 aliphatic carbocycles. The summed E-state index contributed by atoms with van der Waals surface area (Å²) in [6, 6.07) is 15.4. The van der Waals surface area contributed by atoms with Crippen LogP contribution in [0.5, 0.6) is 5.75 Å². The maximum atomic E-state index is 13.5. The third-order valence-electron chi connectivity index (χ3n) is 6.01. The molecule has 2 aromatic carbocycles. The fraction of sp³-hybridized carbons (Fsp3) is 0.269. The van der Waals surface area contributed by atoms with Gasteiger partial charge >= 0.3 is 5.97 Å². The van der Waals surface area contributed by atoms with Gasteiger partial charge in [-0.05, 0) is 37.1 Å². The lowest BCUT2D eigenvalue weighted by molar-refractivity contribution is -0.149. The summed E-state index contributed by atoms with van der Waals surface area (Å²) < 4.78 is 5.27. The van der Waals surface area contributed by atoms with Crippen molar-refractivity contribution in [1.29, 1.82) is 0 Å². The van der Waals surface area contributed by atoms with Gasteiger partial charge in [-0.2, -0.15) is 0 Å². The summed E-state index contributed by atoms with van der Waals surface area (Å²) in [5.41, 5.74) is 1.24. The average molecular weight is 446 g/mol. The minimum absolute atomic E-state index is 0.123. The molecule has 1 atom stereocenters. The van der Waals surface area contributed by atoms with E-state index in [2.05, 4.69) is 15.3 Å². The van der Waals surface area contributed by atoms with Gasteiger partial charge in [0, 0.05) is 18.9 Å². The smallest absolute Gasteiger partial charge is 0.309 e. The number of fused-ring (bicyclic) bond motifs is 1. The first-order valence-electron chi connectivity index (χ1n) is 10.8. The van der Waals surface area contributed by atoms with Gasteiger partial charge in [0.1, 0.15) is 11.3 Å². The lowest BCUT2D eigenvalue weighted by Crippen LogP contribution is -2.47. The number of aromatic amines is 1. The number of nitrogens with one attached hydrogen (secondary N) is 2. The van der Waals surface area contributed by atoms with E-state index in [1.807, 2.05) is 66.8 Å². The first-order valence-corrected chi connectivity index (χ1v) is 10.8. The molecule has 33 heavy (non-hydrogen) atoms. The highest BCUT2D eigenvalue weighted by atomic mass is 16.5. The van der Waals surface area contributed by atoms with Gasteiger partial charge in [0.25, 0.3) is 0 Å². The highest BCUT2D eigenvalue weighted by molar-refractivity contribution is 5.98. The Hall–Kier alpha value is -3.87. The molecular weight excluding hydrogens is 418 g/mol. The van der Waals surface area contributed by atoms with Gasteiger partial charge in [0.15, 0.2) is 5.78 Å². The van der Waals surface area contributed by atoms with E-state index in [1.165, 1.54) is 0 Å². The van der Waals surface area contributed by atoms with Crippen LogP contribution >= 0.6 is 0 Å². The molecule has 0 bridgehead atoms. The summed E-state index contributed by atoms with van der Waals surface area (Å²) in [6.45, 7) is 3.12. The molecule has 1 heterocycles. The summed E-state index contributed by atoms with van der Waals surface area (Å²) in [4.78, 5) is 33.0. The number of methoxy groups -OCH3 is 1. The Labute approximate surface area is 192 Å². The Morgan fingerprint density at radius 1 is 1.21 bits per heavy atom. The molecule has 1 aromatic heterocycles. The topological polar surface area (TPSA) is 104 Å². The van der Waals surface area contributed by atoms with Gasteiger partial charge in [0.05, 0.1) is 23.6 Å². The predicted molar refractivity (Wildman–Crippen MR) is 128 cm³/mol. The van der Waals surface area contributed by atoms with Crippen LogP contribution in [0.2, 0.25) is 0 Å². The van der Waals surface area contributed by atoms with Crippen molar-refractivity contribution in [1.82, 2.24) is 9.97 Å². The summed E-state index contributed by atoms with van der Waals surface area (Å²) in [5.74, 6) is -0.113. The number of aliphatic carboxylic acids is 1. The minimum atomic E-state index is -1.19. The first-order chi connectivity index (χ1) is 15.7. The fourth-order valence-electron chi connectivity index (χ4n) is 3.87. The van der Waals surface area contributed by atoms with Crippen molar-refractivity contribution in [3.8, 4) is 5.75 Å². The van der Waals surface area contributed by atoms with Gasteiger partial charge in [-0.15, -0.1) is 0 Å². The highest BCUT2D eigenvalue weighted by Gasteiger charge is 2.42. The number of hydrogen-bond acceptors (Lipinski definition) is 5. The van der Waals surface area contributed by atoms with Crippen molar-refractivity contribution in [2.45, 2.75) is 32.2 Å². The van der Waals surface area contributed by atoms with Crippen LogP contribution in [0.25, 0.3) is 16.6 Å². The Morgan fingerprint density at radius 2 is 1.97 bits per heavy atom. The molecule has 0 radical (unpaired) electrons. The molecule has 3 N–H and O–H groups in total. The number of ketones is 1. The number of carbonyl (C=O) groups is 2. The largest absolute Gasteiger partial charge is 0.497 e. The normalized spacial score (nSPS) is 18.1. The number of ether oxygens (including phenoxy) is 1. The molecule has 170 valence electrons. The lowest BCUT2D eigenvalue weighted by atomic mass is 9.76. The number of rotatable bonds is 8. The van der Waals surface area contributed by atoms with Crippen molar-refractivity contribution in [3.63, 3.8) is 0 Å². The van der Waals surface area contributed by atoms with E-state index < -0.39 is 16.9 Å². The van der Waals surface area contributed by atoms with Crippen LogP contribution in [-0.2, 0) is 9.59 Å². The number of carbonyl (C=O) groups excluding carboxylic acids is 1. The van der Waals surface area contributed by atoms with Gasteiger partial charge < -0.3 is 20.1 Å². The molecule has 0 amide bonds. The van der Waals surface area contributed by atoms with Gasteiger partial charge in [0.2, 0.25) is 5.95 Å². The standard InChI is InChI=1S/C26H27N3O4/c1-25(2,23(31)32)16-22(30)26(13-11-18(12-14-26)17-7-5-4-6-8-17)29-24-27-20-10-9-19(33-3)15-21(20)28-24/h4-13,15H,14,16H2,1-3H3,(H,31,32)(H2,27,28,29). The first kappa shape index (κ1) is 22.3. The maximum Gasteiger partial charge on any atom is 0.309 e. The number of aromatic nitrogens is 2. The van der Waals surface area contributed by atoms with Crippen LogP contribution in [0.4, 0.5) is 5.95 Å². The third kappa shape index (κ3) is 4.53. The number of allylic oxidation sites excluding steroid dienone is 2. The molecule has 1 unspecified atom stereocenters. The van der Waals surface area contributed by atoms with Crippen molar-refractivity contribution in [2.24, 2.45) is 5.41 Å². The number of carboxylic acids is 1. The van der Waals surface area contributed by atoms with Crippen molar-refractivity contribution < 1.29 is 19.4 Å². The number of Topliss-reactive ketones (excluding diaryl/α,β-unsaturated/α-hetero) is 1. The van der Waals surface area contributed by atoms with Crippen LogP contribution in [0, 0.1) is 5.41 Å². The molecular formula is C26H27N3O4. The lowest BCUT2D eigenvalue weighted by Gasteiger charge is -2.34. The molecule has 7 nitrogen and oxygen atoms in total. The molecule has 0 fully saturated rings. The monoisotopic (exact) mass is 445 g/mol. The SMILES string of the molecule is COc1ccc2[nH]c(NC3(C(=O)CC(C)(C)C(=O)O)C=CC(c4ccccc4)=CC3)nc2c1. The Bertz CT molecular complexity index is 1260. The van der Waals surface area contributed by atoms with E-state index >= 15 is 0 Å². The van der Waals surface area contributed by atoms with E-state index in [0.29, 0.717) is 23.6 Å². The summed E-state index contributed by atoms with van der Waals surface area (Å²) in [6.07, 6.45) is 5.97. The number of hydrogen-bond donors (Lipinski definition) is 3. The molecule has 3 aromatic rings. The zero-order chi connectivity index (χ0) is 23.6. The Kier molecular flexibility index (Phi) is 5.80. The molecule has 0 aliphatic heterocycles. The number of imidazole rings is 1. The average Bonchev–Trinajstić information content (AvgIpc) is 3.20. The van der Waals surface area contributed by atoms with E-state index in [4.69, 9.17) is 4.74 Å². The van der Waals surface area contributed by atoms with Crippen molar-refractivity contribution in [3.05, 3.63) is 72.3 Å². The van der Waals surface area contributed by atoms with Gasteiger partial charge in [-0.1, -0.05) is 48.6 Å². The van der Waals surface area contributed by atoms with E-state index in [0.717, 1.165) is 16.7 Å². The van der Waals surface area contributed by atoms with E-state index in [1.54, 1.807) is 21.0 Å². The summed E-state index contributed by atoms with van der Waals surface area (Å²) in [5, 5.41) is 12.8. The quantitative estimate of drug-likeness (QED) is 0.459. The molecule has 7 heteroatoms. The van der Waals surface area contributed by atoms with Crippen LogP contribution in [0.15, 0.2) is 66.8 Å². The molecule has 0 spiro atoms. The zero-order valence-corrected chi connectivity index (χ0v) is 18.9.